The number of non-ortho nitro benzene ring substituents is 1. The molecular formula is C15H12ClN5O2. The van der Waals surface area contributed by atoms with Crippen molar-refractivity contribution in [3.05, 3.63) is 69.3 Å². The highest BCUT2D eigenvalue weighted by atomic mass is 35.5. The van der Waals surface area contributed by atoms with E-state index in [4.69, 9.17) is 11.6 Å². The molecule has 23 heavy (non-hydrogen) atoms. The van der Waals surface area contributed by atoms with E-state index in [9.17, 15) is 10.1 Å². The number of rotatable bonds is 3. The number of nitrogens with zero attached hydrogens (tertiary/aromatic N) is 4. The van der Waals surface area contributed by atoms with Gasteiger partial charge in [-0.2, -0.15) is 10.2 Å². The number of hydrogen-bond donors (Lipinski definition) is 1. The van der Waals surface area contributed by atoms with Crippen LogP contribution < -0.4 is 10.9 Å². The monoisotopic (exact) mass is 329 g/mol. The molecule has 1 aromatic heterocycles. The van der Waals surface area contributed by atoms with E-state index in [1.165, 1.54) is 12.1 Å². The summed E-state index contributed by atoms with van der Waals surface area (Å²) >= 11 is 6.14. The second-order valence-corrected chi connectivity index (χ2v) is 5.17. The molecule has 0 aliphatic rings. The van der Waals surface area contributed by atoms with Gasteiger partial charge in [0.25, 0.3) is 5.69 Å². The maximum absolute atomic E-state index is 10.7. The van der Waals surface area contributed by atoms with Crippen LogP contribution in [0.5, 0.6) is 0 Å². The standard InChI is InChI=1S/C15H12ClN5O2/c1-20-15(13-5-3-2-4-12(13)14(16)19-20)18-17-10-6-8-11(9-7-10)21(22)23/h2-9,17H,1H3/b18-15-. The fraction of sp³-hybridized carbons (Fsp3) is 0.0667. The summed E-state index contributed by atoms with van der Waals surface area (Å²) < 4.78 is 1.57. The normalized spacial score (nSPS) is 11.7. The Labute approximate surface area is 136 Å². The number of nitro groups is 1. The third kappa shape index (κ3) is 3.00. The molecule has 116 valence electrons. The van der Waals surface area contributed by atoms with Crippen molar-refractivity contribution >= 4 is 33.7 Å². The Morgan fingerprint density at radius 2 is 1.83 bits per heavy atom. The van der Waals surface area contributed by atoms with Crippen molar-refractivity contribution in [1.82, 2.24) is 9.78 Å². The molecule has 2 aromatic carbocycles. The third-order valence-corrected chi connectivity index (χ3v) is 3.58. The average molecular weight is 330 g/mol. The van der Waals surface area contributed by atoms with Crippen LogP contribution in [0.4, 0.5) is 11.4 Å². The van der Waals surface area contributed by atoms with Crippen LogP contribution >= 0.6 is 11.6 Å². The van der Waals surface area contributed by atoms with E-state index in [1.54, 1.807) is 23.9 Å². The number of nitrogens with one attached hydrogen (secondary N) is 1. The molecule has 0 amide bonds. The van der Waals surface area contributed by atoms with Gasteiger partial charge in [0, 0.05) is 30.0 Å². The van der Waals surface area contributed by atoms with Gasteiger partial charge in [0.1, 0.15) is 0 Å². The molecule has 0 fully saturated rings. The lowest BCUT2D eigenvalue weighted by atomic mass is 10.2. The van der Waals surface area contributed by atoms with Crippen LogP contribution in [-0.4, -0.2) is 14.7 Å². The number of anilines is 1. The van der Waals surface area contributed by atoms with Crippen molar-refractivity contribution in [2.75, 3.05) is 5.43 Å². The van der Waals surface area contributed by atoms with Gasteiger partial charge in [-0.3, -0.25) is 15.5 Å². The topological polar surface area (TPSA) is 85.3 Å². The number of nitro benzene ring substituents is 1. The van der Waals surface area contributed by atoms with Gasteiger partial charge in [-0.1, -0.05) is 35.9 Å². The van der Waals surface area contributed by atoms with Gasteiger partial charge in [-0.25, -0.2) is 4.68 Å². The molecule has 0 aliphatic carbocycles. The molecule has 0 aliphatic heterocycles. The molecule has 0 atom stereocenters. The summed E-state index contributed by atoms with van der Waals surface area (Å²) in [4.78, 5) is 10.2. The van der Waals surface area contributed by atoms with Crippen molar-refractivity contribution in [3.63, 3.8) is 0 Å². The molecule has 3 rings (SSSR count). The predicted octanol–water partition coefficient (Wildman–Crippen LogP) is 3.06. The van der Waals surface area contributed by atoms with Crippen LogP contribution in [0.2, 0.25) is 5.15 Å². The molecule has 0 saturated carbocycles. The van der Waals surface area contributed by atoms with Crippen LogP contribution in [-0.2, 0) is 7.05 Å². The lowest BCUT2D eigenvalue weighted by molar-refractivity contribution is -0.384. The minimum absolute atomic E-state index is 0.0275. The molecule has 7 nitrogen and oxygen atoms in total. The zero-order chi connectivity index (χ0) is 16.4. The number of benzene rings is 2. The fourth-order valence-electron chi connectivity index (χ4n) is 2.17. The predicted molar refractivity (Wildman–Crippen MR) is 88.0 cm³/mol. The van der Waals surface area contributed by atoms with Gasteiger partial charge in [0.2, 0.25) is 0 Å². The molecule has 0 radical (unpaired) electrons. The van der Waals surface area contributed by atoms with E-state index in [0.717, 1.165) is 10.8 Å². The molecule has 1 heterocycles. The van der Waals surface area contributed by atoms with Crippen molar-refractivity contribution in [2.45, 2.75) is 0 Å². The first kappa shape index (κ1) is 15.0. The SMILES string of the molecule is Cn1nc(Cl)c2ccccc2/c1=N/Nc1ccc([N+](=O)[O-])cc1. The lowest BCUT2D eigenvalue weighted by Crippen LogP contribution is -2.23. The number of aryl methyl sites for hydroxylation is 1. The Kier molecular flexibility index (Phi) is 3.94. The summed E-state index contributed by atoms with van der Waals surface area (Å²) in [5.74, 6) is 0. The Morgan fingerprint density at radius 1 is 1.17 bits per heavy atom. The fourth-order valence-corrected chi connectivity index (χ4v) is 2.45. The van der Waals surface area contributed by atoms with Gasteiger partial charge in [-0.15, -0.1) is 0 Å². The highest BCUT2D eigenvalue weighted by Gasteiger charge is 2.06. The highest BCUT2D eigenvalue weighted by molar-refractivity contribution is 6.34. The molecule has 0 unspecified atom stereocenters. The number of halogens is 1. The quantitative estimate of drug-likeness (QED) is 0.591. The summed E-state index contributed by atoms with van der Waals surface area (Å²) in [5, 5.41) is 21.3. The number of aromatic nitrogens is 2. The van der Waals surface area contributed by atoms with Crippen LogP contribution in [0.1, 0.15) is 0 Å². The summed E-state index contributed by atoms with van der Waals surface area (Å²) in [6.07, 6.45) is 0. The van der Waals surface area contributed by atoms with Crippen molar-refractivity contribution in [1.29, 1.82) is 0 Å². The first-order valence-electron chi connectivity index (χ1n) is 6.72. The second kappa shape index (κ2) is 6.05. The van der Waals surface area contributed by atoms with Gasteiger partial charge < -0.3 is 0 Å². The van der Waals surface area contributed by atoms with Gasteiger partial charge in [0.15, 0.2) is 10.6 Å². The maximum atomic E-state index is 10.7. The lowest BCUT2D eigenvalue weighted by Gasteiger charge is -2.06. The minimum atomic E-state index is -0.447. The molecule has 8 heteroatoms. The van der Waals surface area contributed by atoms with E-state index in [0.29, 0.717) is 16.3 Å². The van der Waals surface area contributed by atoms with Crippen LogP contribution in [0.3, 0.4) is 0 Å². The molecule has 0 saturated heterocycles. The third-order valence-electron chi connectivity index (χ3n) is 3.30. The summed E-state index contributed by atoms with van der Waals surface area (Å²) in [5.41, 5.74) is 4.14. The van der Waals surface area contributed by atoms with E-state index in [2.05, 4.69) is 15.6 Å². The minimum Gasteiger partial charge on any atom is -0.276 e. The zero-order valence-electron chi connectivity index (χ0n) is 12.1. The van der Waals surface area contributed by atoms with Crippen LogP contribution in [0.25, 0.3) is 10.8 Å². The first-order chi connectivity index (χ1) is 11.1. The molecule has 1 N–H and O–H groups in total. The molecular weight excluding hydrogens is 318 g/mol. The number of fused-ring (bicyclic) bond motifs is 1. The average Bonchev–Trinajstić information content (AvgIpc) is 2.55. The van der Waals surface area contributed by atoms with Crippen LogP contribution in [0.15, 0.2) is 53.6 Å². The number of hydrogen-bond acceptors (Lipinski definition) is 5. The van der Waals surface area contributed by atoms with Gasteiger partial charge in [-0.05, 0) is 12.1 Å². The molecule has 0 spiro atoms. The molecule has 0 bridgehead atoms. The van der Waals surface area contributed by atoms with E-state index in [-0.39, 0.29) is 5.69 Å². The van der Waals surface area contributed by atoms with E-state index in [1.807, 2.05) is 24.3 Å². The van der Waals surface area contributed by atoms with Crippen molar-refractivity contribution < 1.29 is 4.92 Å². The Balaban J connectivity index is 2.03. The smallest absolute Gasteiger partial charge is 0.269 e. The van der Waals surface area contributed by atoms with Crippen LogP contribution in [0, 0.1) is 10.1 Å². The summed E-state index contributed by atoms with van der Waals surface area (Å²) in [7, 11) is 1.74. The largest absolute Gasteiger partial charge is 0.276 e. The van der Waals surface area contributed by atoms with E-state index >= 15 is 0 Å². The Bertz CT molecular complexity index is 950. The second-order valence-electron chi connectivity index (χ2n) is 4.81. The Morgan fingerprint density at radius 3 is 2.48 bits per heavy atom. The highest BCUT2D eigenvalue weighted by Crippen LogP contribution is 2.18. The maximum Gasteiger partial charge on any atom is 0.269 e. The molecule has 3 aromatic rings. The van der Waals surface area contributed by atoms with E-state index < -0.39 is 4.92 Å². The summed E-state index contributed by atoms with van der Waals surface area (Å²) in [6, 6.07) is 13.5. The van der Waals surface area contributed by atoms with Crippen molar-refractivity contribution in [3.8, 4) is 0 Å². The Hall–Kier alpha value is -2.93. The first-order valence-corrected chi connectivity index (χ1v) is 7.10. The van der Waals surface area contributed by atoms with Gasteiger partial charge in [0.05, 0.1) is 10.6 Å². The van der Waals surface area contributed by atoms with Crippen molar-refractivity contribution in [2.24, 2.45) is 12.1 Å². The zero-order valence-corrected chi connectivity index (χ0v) is 12.9. The van der Waals surface area contributed by atoms with Gasteiger partial charge >= 0.3 is 0 Å². The summed E-state index contributed by atoms with van der Waals surface area (Å²) in [6.45, 7) is 0.